The summed E-state index contributed by atoms with van der Waals surface area (Å²) < 4.78 is 0. The molecule has 0 unspecified atom stereocenters. The number of benzene rings is 2. The second-order valence-electron chi connectivity index (χ2n) is 6.52. The number of amidine groups is 1. The lowest BCUT2D eigenvalue weighted by Crippen LogP contribution is -2.28. The zero-order valence-corrected chi connectivity index (χ0v) is 16.9. The monoisotopic (exact) mass is 401 g/mol. The lowest BCUT2D eigenvalue weighted by atomic mass is 10.1. The van der Waals surface area contributed by atoms with Crippen molar-refractivity contribution < 1.29 is 9.59 Å². The van der Waals surface area contributed by atoms with Crippen LogP contribution in [0.15, 0.2) is 41.4 Å². The van der Waals surface area contributed by atoms with Gasteiger partial charge in [0.05, 0.1) is 5.69 Å². The molecule has 27 heavy (non-hydrogen) atoms. The molecule has 1 aliphatic rings. The quantitative estimate of drug-likeness (QED) is 0.791. The minimum Gasteiger partial charge on any atom is -0.326 e. The summed E-state index contributed by atoms with van der Waals surface area (Å²) in [7, 11) is 0. The van der Waals surface area contributed by atoms with E-state index in [4.69, 9.17) is 11.6 Å². The van der Waals surface area contributed by atoms with Crippen LogP contribution in [0.2, 0.25) is 5.02 Å². The van der Waals surface area contributed by atoms with Gasteiger partial charge in [-0.3, -0.25) is 9.59 Å². The summed E-state index contributed by atoms with van der Waals surface area (Å²) in [6.07, 6.45) is 0.0638. The van der Waals surface area contributed by atoms with Gasteiger partial charge in [0.1, 0.15) is 5.25 Å². The van der Waals surface area contributed by atoms with E-state index in [1.807, 2.05) is 32.9 Å². The van der Waals surface area contributed by atoms with Crippen molar-refractivity contribution in [2.45, 2.75) is 32.4 Å². The standard InChI is InChI=1S/C20H20ClN3O2S/c1-11-7-12(2)9-14(8-11)22-20-24-19(26)17(27-20)10-18(25)23-16-6-4-5-15(21)13(16)3/h4-9,17H,10H2,1-3H3,(H,23,25)(H,22,24,26)/t17-/m1/s1. The Bertz CT molecular complexity index is 923. The van der Waals surface area contributed by atoms with Gasteiger partial charge < -0.3 is 10.6 Å². The maximum absolute atomic E-state index is 12.3. The Balaban J connectivity index is 1.66. The van der Waals surface area contributed by atoms with E-state index in [0.29, 0.717) is 15.9 Å². The number of rotatable bonds is 4. The molecule has 0 aliphatic carbocycles. The summed E-state index contributed by atoms with van der Waals surface area (Å²) in [5, 5.41) is 6.17. The summed E-state index contributed by atoms with van der Waals surface area (Å²) in [5.74, 6) is -0.443. The normalized spacial score (nSPS) is 17.9. The molecule has 140 valence electrons. The average molecular weight is 402 g/mol. The molecule has 1 atom stereocenters. The number of aryl methyl sites for hydroxylation is 2. The van der Waals surface area contributed by atoms with Crippen molar-refractivity contribution in [3.8, 4) is 0 Å². The number of aliphatic imine (C=N–C) groups is 1. The first-order valence-electron chi connectivity index (χ1n) is 8.51. The number of hydrogen-bond acceptors (Lipinski definition) is 4. The highest BCUT2D eigenvalue weighted by atomic mass is 35.5. The van der Waals surface area contributed by atoms with Gasteiger partial charge in [-0.25, -0.2) is 4.99 Å². The third-order valence-corrected chi connectivity index (χ3v) is 5.62. The van der Waals surface area contributed by atoms with Crippen LogP contribution in [-0.4, -0.2) is 22.2 Å². The minimum absolute atomic E-state index is 0.0638. The highest BCUT2D eigenvalue weighted by molar-refractivity contribution is 8.15. The highest BCUT2D eigenvalue weighted by Crippen LogP contribution is 2.27. The van der Waals surface area contributed by atoms with Crippen molar-refractivity contribution in [3.63, 3.8) is 0 Å². The topological polar surface area (TPSA) is 70.6 Å². The Hall–Kier alpha value is -2.31. The van der Waals surface area contributed by atoms with E-state index >= 15 is 0 Å². The number of nitrogens with zero attached hydrogens (tertiary/aromatic N) is 1. The van der Waals surface area contributed by atoms with Gasteiger partial charge in [-0.05, 0) is 61.7 Å². The molecule has 2 amide bonds. The first-order valence-corrected chi connectivity index (χ1v) is 9.77. The predicted molar refractivity (Wildman–Crippen MR) is 112 cm³/mol. The molecule has 2 aromatic carbocycles. The van der Waals surface area contributed by atoms with Gasteiger partial charge >= 0.3 is 0 Å². The Kier molecular flexibility index (Phi) is 5.87. The van der Waals surface area contributed by atoms with Gasteiger partial charge in [-0.2, -0.15) is 0 Å². The van der Waals surface area contributed by atoms with E-state index in [1.54, 1.807) is 18.2 Å². The molecule has 0 bridgehead atoms. The Labute approximate surface area is 167 Å². The fourth-order valence-electron chi connectivity index (χ4n) is 2.84. The van der Waals surface area contributed by atoms with E-state index in [1.165, 1.54) is 11.8 Å². The van der Waals surface area contributed by atoms with E-state index in [2.05, 4.69) is 21.7 Å². The molecule has 1 saturated heterocycles. The molecule has 1 heterocycles. The fourth-order valence-corrected chi connectivity index (χ4v) is 4.00. The van der Waals surface area contributed by atoms with Crippen LogP contribution in [0.1, 0.15) is 23.1 Å². The summed E-state index contributed by atoms with van der Waals surface area (Å²) in [4.78, 5) is 29.0. The number of carbonyl (C=O) groups excluding carboxylic acids is 2. The number of carbonyl (C=O) groups is 2. The molecule has 2 aromatic rings. The van der Waals surface area contributed by atoms with Crippen LogP contribution in [0.4, 0.5) is 11.4 Å². The maximum Gasteiger partial charge on any atom is 0.240 e. The van der Waals surface area contributed by atoms with Gasteiger partial charge in [-0.15, -0.1) is 0 Å². The molecule has 0 radical (unpaired) electrons. The number of hydrogen-bond donors (Lipinski definition) is 2. The Morgan fingerprint density at radius 3 is 2.63 bits per heavy atom. The van der Waals surface area contributed by atoms with Gasteiger partial charge in [-0.1, -0.05) is 35.5 Å². The van der Waals surface area contributed by atoms with Crippen molar-refractivity contribution in [1.82, 2.24) is 5.32 Å². The number of amides is 2. The first kappa shape index (κ1) is 19.5. The van der Waals surface area contributed by atoms with Crippen molar-refractivity contribution in [2.24, 2.45) is 4.99 Å². The highest BCUT2D eigenvalue weighted by Gasteiger charge is 2.32. The average Bonchev–Trinajstić information content (AvgIpc) is 2.90. The van der Waals surface area contributed by atoms with E-state index in [-0.39, 0.29) is 18.2 Å². The maximum atomic E-state index is 12.3. The van der Waals surface area contributed by atoms with E-state index in [0.717, 1.165) is 22.4 Å². The second-order valence-corrected chi connectivity index (χ2v) is 8.12. The van der Waals surface area contributed by atoms with Crippen LogP contribution in [-0.2, 0) is 9.59 Å². The SMILES string of the molecule is Cc1cc(C)cc(N=C2NC(=O)[C@@H](CC(=O)Nc3cccc(Cl)c3C)S2)c1. The van der Waals surface area contributed by atoms with Crippen molar-refractivity contribution in [1.29, 1.82) is 0 Å². The zero-order chi connectivity index (χ0) is 19.6. The Morgan fingerprint density at radius 2 is 1.93 bits per heavy atom. The number of halogens is 1. The van der Waals surface area contributed by atoms with Gasteiger partial charge in [0, 0.05) is 17.1 Å². The molecule has 1 aliphatic heterocycles. The molecule has 0 aromatic heterocycles. The number of anilines is 1. The number of thioether (sulfide) groups is 1. The smallest absolute Gasteiger partial charge is 0.240 e. The summed E-state index contributed by atoms with van der Waals surface area (Å²) in [6.45, 7) is 5.84. The van der Waals surface area contributed by atoms with E-state index in [9.17, 15) is 9.59 Å². The molecule has 0 spiro atoms. The lowest BCUT2D eigenvalue weighted by molar-refractivity contribution is -0.122. The zero-order valence-electron chi connectivity index (χ0n) is 15.3. The van der Waals surface area contributed by atoms with E-state index < -0.39 is 5.25 Å². The summed E-state index contributed by atoms with van der Waals surface area (Å²) >= 11 is 7.35. The molecule has 7 heteroatoms. The van der Waals surface area contributed by atoms with Crippen LogP contribution in [0.5, 0.6) is 0 Å². The molecular weight excluding hydrogens is 382 g/mol. The van der Waals surface area contributed by atoms with Crippen molar-refractivity contribution in [3.05, 3.63) is 58.1 Å². The number of nitrogens with one attached hydrogen (secondary N) is 2. The van der Waals surface area contributed by atoms with Crippen LogP contribution in [0.3, 0.4) is 0 Å². The molecule has 3 rings (SSSR count). The first-order chi connectivity index (χ1) is 12.8. The summed E-state index contributed by atoms with van der Waals surface area (Å²) in [5.41, 5.74) is 4.45. The molecule has 2 N–H and O–H groups in total. The second kappa shape index (κ2) is 8.15. The van der Waals surface area contributed by atoms with Crippen molar-refractivity contribution >= 4 is 51.7 Å². The van der Waals surface area contributed by atoms with Crippen LogP contribution >= 0.6 is 23.4 Å². The molecule has 5 nitrogen and oxygen atoms in total. The predicted octanol–water partition coefficient (Wildman–Crippen LogP) is 4.51. The van der Waals surface area contributed by atoms with Crippen LogP contribution in [0, 0.1) is 20.8 Å². The van der Waals surface area contributed by atoms with Crippen LogP contribution < -0.4 is 10.6 Å². The molecule has 1 fully saturated rings. The van der Waals surface area contributed by atoms with Gasteiger partial charge in [0.2, 0.25) is 11.8 Å². The third-order valence-electron chi connectivity index (χ3n) is 4.13. The van der Waals surface area contributed by atoms with Crippen molar-refractivity contribution in [2.75, 3.05) is 5.32 Å². The van der Waals surface area contributed by atoms with Gasteiger partial charge in [0.15, 0.2) is 5.17 Å². The minimum atomic E-state index is -0.505. The lowest BCUT2D eigenvalue weighted by Gasteiger charge is -2.10. The largest absolute Gasteiger partial charge is 0.326 e. The van der Waals surface area contributed by atoms with Crippen LogP contribution in [0.25, 0.3) is 0 Å². The third kappa shape index (κ3) is 4.90. The fraction of sp³-hybridized carbons (Fsp3) is 0.250. The van der Waals surface area contributed by atoms with Gasteiger partial charge in [0.25, 0.3) is 0 Å². The molecule has 0 saturated carbocycles. The summed E-state index contributed by atoms with van der Waals surface area (Å²) in [6, 6.07) is 11.3. The molecular formula is C20H20ClN3O2S. The Morgan fingerprint density at radius 1 is 1.22 bits per heavy atom.